The van der Waals surface area contributed by atoms with Gasteiger partial charge in [-0.1, -0.05) is 29.3 Å². The zero-order chi connectivity index (χ0) is 23.1. The summed E-state index contributed by atoms with van der Waals surface area (Å²) in [6, 6.07) is 12.9. The number of nitrogens with zero attached hydrogens (tertiary/aromatic N) is 1. The normalized spacial score (nSPS) is 27.4. The Kier molecular flexibility index (Phi) is 5.81. The van der Waals surface area contributed by atoms with Gasteiger partial charge in [0.2, 0.25) is 11.8 Å². The van der Waals surface area contributed by atoms with Crippen molar-refractivity contribution in [1.29, 1.82) is 0 Å². The number of benzene rings is 1. The van der Waals surface area contributed by atoms with Crippen LogP contribution >= 0.6 is 0 Å². The van der Waals surface area contributed by atoms with Crippen molar-refractivity contribution in [2.45, 2.75) is 45.8 Å². The maximum Gasteiger partial charge on any atom is 0.238 e. The number of hydrogen-bond acceptors (Lipinski definition) is 5. The molecular weight excluding hydrogens is 418 g/mol. The molecular formula is C27H29NO5. The summed E-state index contributed by atoms with van der Waals surface area (Å²) in [5, 5.41) is 9.16. The zero-order valence-corrected chi connectivity index (χ0v) is 19.0. The number of aliphatic hydroxyl groups is 1. The Hall–Kier alpha value is -2.96. The average Bonchev–Trinajstić information content (AvgIpc) is 3.50. The number of para-hydroxylation sites is 1. The highest BCUT2D eigenvalue weighted by atomic mass is 16.5. The largest absolute Gasteiger partial charge is 0.459 e. The Morgan fingerprint density at radius 2 is 1.91 bits per heavy atom. The average molecular weight is 448 g/mol. The molecule has 0 spiro atoms. The van der Waals surface area contributed by atoms with E-state index in [1.807, 2.05) is 42.5 Å². The third-order valence-electron chi connectivity index (χ3n) is 7.19. The molecule has 2 saturated heterocycles. The van der Waals surface area contributed by atoms with Crippen molar-refractivity contribution in [3.05, 3.63) is 70.7 Å². The molecule has 33 heavy (non-hydrogen) atoms. The summed E-state index contributed by atoms with van der Waals surface area (Å²) in [5.74, 6) is 0.442. The van der Waals surface area contributed by atoms with Crippen molar-refractivity contribution < 1.29 is 23.8 Å². The fraction of sp³-hybridized carbons (Fsp3) is 0.407. The molecule has 4 atom stereocenters. The van der Waals surface area contributed by atoms with Gasteiger partial charge in [-0.25, -0.2) is 0 Å². The number of ether oxygens (including phenoxy) is 1. The van der Waals surface area contributed by atoms with Crippen LogP contribution in [0.3, 0.4) is 0 Å². The fourth-order valence-electron chi connectivity index (χ4n) is 5.69. The number of aliphatic hydroxyl groups excluding tert-OH is 1. The van der Waals surface area contributed by atoms with Crippen LogP contribution in [0.1, 0.15) is 44.6 Å². The van der Waals surface area contributed by atoms with E-state index in [0.717, 1.165) is 24.2 Å². The standard InChI is InChI=1S/C27H29NO5/c1-16(12-19-9-10-20(14-29)33-19)8-11-23-24-17(2)13-21-25(22(24)15-32-23)27(31)28(26(21)30)18-6-4-3-5-7-18/h3-7,9-10,12,21-23,25,29H,8,11,13-15H2,1-2H3/b16-12+/t21-,22+,23-,25-/m1/s1. The summed E-state index contributed by atoms with van der Waals surface area (Å²) in [6.07, 6.45) is 4.23. The van der Waals surface area contributed by atoms with Gasteiger partial charge in [-0.05, 0) is 69.0 Å². The molecule has 2 aliphatic heterocycles. The highest BCUT2D eigenvalue weighted by molar-refractivity contribution is 6.22. The van der Waals surface area contributed by atoms with E-state index in [0.29, 0.717) is 24.5 Å². The van der Waals surface area contributed by atoms with Crippen LogP contribution in [0, 0.1) is 17.8 Å². The molecule has 0 bridgehead atoms. The van der Waals surface area contributed by atoms with E-state index in [9.17, 15) is 9.59 Å². The summed E-state index contributed by atoms with van der Waals surface area (Å²) in [4.78, 5) is 28.0. The van der Waals surface area contributed by atoms with Gasteiger partial charge in [0.1, 0.15) is 18.1 Å². The molecule has 1 aliphatic carbocycles. The minimum absolute atomic E-state index is 0.0274. The van der Waals surface area contributed by atoms with Gasteiger partial charge in [-0.2, -0.15) is 0 Å². The third kappa shape index (κ3) is 3.87. The van der Waals surface area contributed by atoms with Crippen LogP contribution < -0.4 is 4.90 Å². The van der Waals surface area contributed by atoms with Crippen LogP contribution in [0.15, 0.2) is 63.6 Å². The lowest BCUT2D eigenvalue weighted by molar-refractivity contribution is -0.122. The molecule has 0 unspecified atom stereocenters. The summed E-state index contributed by atoms with van der Waals surface area (Å²) in [7, 11) is 0. The smallest absolute Gasteiger partial charge is 0.238 e. The number of furan rings is 1. The maximum absolute atomic E-state index is 13.4. The second-order valence-electron chi connectivity index (χ2n) is 9.34. The van der Waals surface area contributed by atoms with Gasteiger partial charge in [0.25, 0.3) is 0 Å². The minimum Gasteiger partial charge on any atom is -0.459 e. The first-order valence-corrected chi connectivity index (χ1v) is 11.6. The van der Waals surface area contributed by atoms with Crippen LogP contribution in [0.25, 0.3) is 6.08 Å². The maximum atomic E-state index is 13.4. The first kappa shape index (κ1) is 21.9. The van der Waals surface area contributed by atoms with Crippen LogP contribution in [0.4, 0.5) is 5.69 Å². The highest BCUT2D eigenvalue weighted by Gasteiger charge is 2.56. The molecule has 2 aromatic rings. The topological polar surface area (TPSA) is 80.0 Å². The van der Waals surface area contributed by atoms with E-state index in [1.54, 1.807) is 6.07 Å². The molecule has 1 aromatic carbocycles. The Morgan fingerprint density at radius 3 is 2.64 bits per heavy atom. The predicted molar refractivity (Wildman–Crippen MR) is 124 cm³/mol. The van der Waals surface area contributed by atoms with Crippen LogP contribution in [-0.4, -0.2) is 29.6 Å². The Morgan fingerprint density at radius 1 is 1.12 bits per heavy atom. The minimum atomic E-state index is -0.335. The van der Waals surface area contributed by atoms with E-state index < -0.39 is 0 Å². The number of carbonyl (C=O) groups is 2. The van der Waals surface area contributed by atoms with Crippen LogP contribution in [0.5, 0.6) is 0 Å². The summed E-state index contributed by atoms with van der Waals surface area (Å²) in [5.41, 5.74) is 4.23. The molecule has 0 radical (unpaired) electrons. The number of rotatable bonds is 6. The number of fused-ring (bicyclic) bond motifs is 3. The van der Waals surface area contributed by atoms with Crippen molar-refractivity contribution in [3.8, 4) is 0 Å². The molecule has 2 fully saturated rings. The van der Waals surface area contributed by atoms with E-state index in [-0.39, 0.29) is 42.3 Å². The van der Waals surface area contributed by atoms with Gasteiger partial charge in [0, 0.05) is 5.92 Å². The Labute approximate surface area is 193 Å². The summed E-state index contributed by atoms with van der Waals surface area (Å²) >= 11 is 0. The number of hydrogen-bond donors (Lipinski definition) is 1. The number of anilines is 1. The van der Waals surface area contributed by atoms with Gasteiger partial charge in [-0.15, -0.1) is 0 Å². The summed E-state index contributed by atoms with van der Waals surface area (Å²) < 4.78 is 11.8. The van der Waals surface area contributed by atoms with Gasteiger partial charge >= 0.3 is 0 Å². The van der Waals surface area contributed by atoms with Crippen molar-refractivity contribution in [2.75, 3.05) is 11.5 Å². The van der Waals surface area contributed by atoms with Crippen LogP contribution in [0.2, 0.25) is 0 Å². The third-order valence-corrected chi connectivity index (χ3v) is 7.19. The quantitative estimate of drug-likeness (QED) is 0.521. The molecule has 6 nitrogen and oxygen atoms in total. The lowest BCUT2D eigenvalue weighted by Gasteiger charge is -2.30. The van der Waals surface area contributed by atoms with Crippen molar-refractivity contribution in [2.24, 2.45) is 17.8 Å². The van der Waals surface area contributed by atoms with E-state index in [1.165, 1.54) is 16.0 Å². The number of imide groups is 1. The molecule has 3 aliphatic rings. The number of amides is 2. The van der Waals surface area contributed by atoms with E-state index >= 15 is 0 Å². The fourth-order valence-corrected chi connectivity index (χ4v) is 5.69. The van der Waals surface area contributed by atoms with Gasteiger partial charge < -0.3 is 14.3 Å². The van der Waals surface area contributed by atoms with E-state index in [2.05, 4.69) is 13.8 Å². The monoisotopic (exact) mass is 447 g/mol. The zero-order valence-electron chi connectivity index (χ0n) is 19.0. The van der Waals surface area contributed by atoms with Gasteiger partial charge in [0.15, 0.2) is 0 Å². The first-order valence-electron chi connectivity index (χ1n) is 11.6. The molecule has 0 saturated carbocycles. The predicted octanol–water partition coefficient (Wildman–Crippen LogP) is 4.50. The Balaban J connectivity index is 1.31. The molecule has 1 aromatic heterocycles. The van der Waals surface area contributed by atoms with Crippen molar-refractivity contribution in [3.63, 3.8) is 0 Å². The molecule has 5 rings (SSSR count). The highest BCUT2D eigenvalue weighted by Crippen LogP contribution is 2.50. The number of allylic oxidation sites excluding steroid dienone is 2. The molecule has 1 N–H and O–H groups in total. The lowest BCUT2D eigenvalue weighted by atomic mass is 9.70. The van der Waals surface area contributed by atoms with E-state index in [4.69, 9.17) is 14.3 Å². The molecule has 3 heterocycles. The van der Waals surface area contributed by atoms with Gasteiger partial charge in [0.05, 0.1) is 30.2 Å². The SMILES string of the molecule is CC1=C2[C@@H](CC/C(C)=C/c3ccc(CO)o3)OC[C@@H]2[C@@H]2C(=O)N(c3ccccc3)C(=O)[C@@H]2C1. The Bertz CT molecular complexity index is 1130. The molecule has 6 heteroatoms. The lowest BCUT2D eigenvalue weighted by Crippen LogP contribution is -2.34. The number of carbonyl (C=O) groups excluding carboxylic acids is 2. The van der Waals surface area contributed by atoms with Gasteiger partial charge in [-0.3, -0.25) is 14.5 Å². The molecule has 2 amide bonds. The van der Waals surface area contributed by atoms with Crippen LogP contribution in [-0.2, 0) is 20.9 Å². The first-order chi connectivity index (χ1) is 16.0. The second kappa shape index (κ2) is 8.76. The summed E-state index contributed by atoms with van der Waals surface area (Å²) in [6.45, 7) is 4.53. The molecule has 172 valence electrons. The second-order valence-corrected chi connectivity index (χ2v) is 9.34. The van der Waals surface area contributed by atoms with Crippen molar-refractivity contribution >= 4 is 23.6 Å². The van der Waals surface area contributed by atoms with Crippen molar-refractivity contribution in [1.82, 2.24) is 0 Å².